The molecular weight excluding hydrogens is 262 g/mol. The molecule has 2 heterocycles. The van der Waals surface area contributed by atoms with Gasteiger partial charge in [0, 0.05) is 33.9 Å². The molecule has 0 bridgehead atoms. The van der Waals surface area contributed by atoms with Gasteiger partial charge in [0.05, 0.1) is 5.69 Å². The van der Waals surface area contributed by atoms with Crippen LogP contribution in [0.4, 0.5) is 5.82 Å². The van der Waals surface area contributed by atoms with E-state index in [-0.39, 0.29) is 0 Å². The average molecular weight is 270 g/mol. The van der Waals surface area contributed by atoms with Gasteiger partial charge in [-0.2, -0.15) is 11.3 Å². The fraction of sp³-hybridized carbons (Fsp3) is 0.111. The summed E-state index contributed by atoms with van der Waals surface area (Å²) >= 11 is 5.13. The van der Waals surface area contributed by atoms with Crippen LogP contribution in [0.1, 0.15) is 0 Å². The van der Waals surface area contributed by atoms with E-state index in [0.717, 1.165) is 21.5 Å². The summed E-state index contributed by atoms with van der Waals surface area (Å²) in [6.07, 6.45) is 1.56. The quantitative estimate of drug-likeness (QED) is 0.911. The lowest BCUT2D eigenvalue weighted by Crippen LogP contribution is -1.93. The molecule has 0 aromatic carbocycles. The first kappa shape index (κ1) is 9.61. The molecule has 14 heavy (non-hydrogen) atoms. The van der Waals surface area contributed by atoms with Crippen molar-refractivity contribution in [1.29, 1.82) is 0 Å². The topological polar surface area (TPSA) is 37.8 Å². The van der Waals surface area contributed by atoms with Crippen LogP contribution in [0.2, 0.25) is 0 Å². The van der Waals surface area contributed by atoms with Crippen molar-refractivity contribution in [1.82, 2.24) is 9.97 Å². The van der Waals surface area contributed by atoms with Crippen molar-refractivity contribution in [2.75, 3.05) is 12.4 Å². The number of nitrogens with one attached hydrogen (secondary N) is 1. The van der Waals surface area contributed by atoms with Crippen molar-refractivity contribution >= 4 is 33.1 Å². The molecule has 0 fully saturated rings. The van der Waals surface area contributed by atoms with E-state index in [1.54, 1.807) is 17.7 Å². The lowest BCUT2D eigenvalue weighted by molar-refractivity contribution is 1.16. The van der Waals surface area contributed by atoms with Crippen LogP contribution >= 0.6 is 27.3 Å². The van der Waals surface area contributed by atoms with Crippen LogP contribution in [-0.2, 0) is 0 Å². The maximum Gasteiger partial charge on any atom is 0.129 e. The van der Waals surface area contributed by atoms with E-state index in [2.05, 4.69) is 36.6 Å². The highest BCUT2D eigenvalue weighted by Crippen LogP contribution is 2.30. The van der Waals surface area contributed by atoms with Gasteiger partial charge < -0.3 is 5.32 Å². The van der Waals surface area contributed by atoms with Crippen molar-refractivity contribution < 1.29 is 0 Å². The summed E-state index contributed by atoms with van der Waals surface area (Å²) in [5, 5.41) is 7.09. The number of rotatable bonds is 2. The highest BCUT2D eigenvalue weighted by molar-refractivity contribution is 9.10. The minimum Gasteiger partial charge on any atom is -0.373 e. The minimum atomic E-state index is 0.827. The van der Waals surface area contributed by atoms with Crippen LogP contribution in [-0.4, -0.2) is 17.0 Å². The molecule has 1 N–H and O–H groups in total. The minimum absolute atomic E-state index is 0.827. The molecule has 2 rings (SSSR count). The van der Waals surface area contributed by atoms with Gasteiger partial charge in [0.25, 0.3) is 0 Å². The molecule has 0 aliphatic heterocycles. The maximum absolute atomic E-state index is 4.22. The van der Waals surface area contributed by atoms with Crippen molar-refractivity contribution in [3.8, 4) is 11.3 Å². The molecule has 5 heteroatoms. The van der Waals surface area contributed by atoms with E-state index in [1.807, 2.05) is 18.5 Å². The van der Waals surface area contributed by atoms with E-state index >= 15 is 0 Å². The predicted molar refractivity (Wildman–Crippen MR) is 62.6 cm³/mol. The molecule has 0 aliphatic rings. The Kier molecular flexibility index (Phi) is 2.79. The molecule has 0 spiro atoms. The Labute approximate surface area is 94.4 Å². The van der Waals surface area contributed by atoms with E-state index in [1.165, 1.54) is 0 Å². The van der Waals surface area contributed by atoms with E-state index in [0.29, 0.717) is 0 Å². The zero-order chi connectivity index (χ0) is 9.97. The monoisotopic (exact) mass is 269 g/mol. The second-order valence-electron chi connectivity index (χ2n) is 2.67. The van der Waals surface area contributed by atoms with Crippen molar-refractivity contribution in [2.24, 2.45) is 0 Å². The molecule has 0 aliphatic carbocycles. The summed E-state index contributed by atoms with van der Waals surface area (Å²) in [7, 11) is 1.84. The number of aromatic nitrogens is 2. The molecule has 0 unspecified atom stereocenters. The largest absolute Gasteiger partial charge is 0.373 e. The van der Waals surface area contributed by atoms with Crippen molar-refractivity contribution in [3.05, 3.63) is 27.6 Å². The second kappa shape index (κ2) is 4.06. The maximum atomic E-state index is 4.22. The lowest BCUT2D eigenvalue weighted by Gasteiger charge is -2.01. The molecule has 0 amide bonds. The molecule has 2 aromatic heterocycles. The van der Waals surface area contributed by atoms with Crippen LogP contribution in [0.15, 0.2) is 27.6 Å². The Morgan fingerprint density at radius 3 is 2.86 bits per heavy atom. The first-order chi connectivity index (χ1) is 6.81. The number of halogens is 1. The Bertz CT molecular complexity index is 441. The van der Waals surface area contributed by atoms with Crippen LogP contribution < -0.4 is 5.32 Å². The molecule has 2 aromatic rings. The Morgan fingerprint density at radius 1 is 1.36 bits per heavy atom. The van der Waals surface area contributed by atoms with Crippen LogP contribution in [0.5, 0.6) is 0 Å². The van der Waals surface area contributed by atoms with E-state index < -0.39 is 0 Å². The number of hydrogen-bond donors (Lipinski definition) is 1. The third-order valence-corrected chi connectivity index (χ3v) is 3.52. The van der Waals surface area contributed by atoms with Crippen LogP contribution in [0.25, 0.3) is 11.3 Å². The highest BCUT2D eigenvalue weighted by atomic mass is 79.9. The highest BCUT2D eigenvalue weighted by Gasteiger charge is 2.05. The summed E-state index contributed by atoms with van der Waals surface area (Å²) < 4.78 is 1.07. The second-order valence-corrected chi connectivity index (χ2v) is 4.27. The summed E-state index contributed by atoms with van der Waals surface area (Å²) in [4.78, 5) is 8.28. The predicted octanol–water partition coefficient (Wildman–Crippen LogP) is 3.01. The molecular formula is C9H8BrN3S. The molecule has 0 saturated carbocycles. The van der Waals surface area contributed by atoms with Gasteiger partial charge >= 0.3 is 0 Å². The van der Waals surface area contributed by atoms with Gasteiger partial charge in [-0.3, -0.25) is 0 Å². The van der Waals surface area contributed by atoms with Gasteiger partial charge in [0.2, 0.25) is 0 Å². The van der Waals surface area contributed by atoms with Gasteiger partial charge in [0.15, 0.2) is 0 Å². The number of thiophene rings is 1. The zero-order valence-corrected chi connectivity index (χ0v) is 9.89. The van der Waals surface area contributed by atoms with Gasteiger partial charge in [-0.1, -0.05) is 0 Å². The first-order valence-corrected chi connectivity index (χ1v) is 5.76. The zero-order valence-electron chi connectivity index (χ0n) is 7.49. The van der Waals surface area contributed by atoms with Crippen molar-refractivity contribution in [2.45, 2.75) is 0 Å². The Hall–Kier alpha value is -0.940. The Morgan fingerprint density at radius 2 is 2.21 bits per heavy atom. The van der Waals surface area contributed by atoms with Gasteiger partial charge in [-0.15, -0.1) is 0 Å². The molecule has 3 nitrogen and oxygen atoms in total. The normalized spacial score (nSPS) is 10.1. The molecule has 72 valence electrons. The third kappa shape index (κ3) is 1.78. The standard InChI is InChI=1S/C9H8BrN3S/c1-11-9-2-8(12-5-13-9)6-3-14-4-7(6)10/h2-5H,1H3,(H,11,12,13). The van der Waals surface area contributed by atoms with E-state index in [4.69, 9.17) is 0 Å². The van der Waals surface area contributed by atoms with Gasteiger partial charge in [0.1, 0.15) is 12.1 Å². The summed E-state index contributed by atoms with van der Waals surface area (Å²) in [6.45, 7) is 0. The SMILES string of the molecule is CNc1cc(-c2cscc2Br)ncn1. The fourth-order valence-electron chi connectivity index (χ4n) is 1.11. The summed E-state index contributed by atoms with van der Waals surface area (Å²) in [6, 6.07) is 1.92. The Balaban J connectivity index is 2.47. The van der Waals surface area contributed by atoms with E-state index in [9.17, 15) is 0 Å². The van der Waals surface area contributed by atoms with Gasteiger partial charge in [-0.25, -0.2) is 9.97 Å². The van der Waals surface area contributed by atoms with Crippen LogP contribution in [0, 0.1) is 0 Å². The fourth-order valence-corrected chi connectivity index (χ4v) is 2.60. The smallest absolute Gasteiger partial charge is 0.129 e. The van der Waals surface area contributed by atoms with Crippen molar-refractivity contribution in [3.63, 3.8) is 0 Å². The third-order valence-electron chi connectivity index (χ3n) is 1.81. The number of anilines is 1. The molecule has 0 radical (unpaired) electrons. The summed E-state index contributed by atoms with van der Waals surface area (Å²) in [5.41, 5.74) is 2.03. The number of nitrogens with zero attached hydrogens (tertiary/aromatic N) is 2. The average Bonchev–Trinajstić information content (AvgIpc) is 2.65. The molecule has 0 saturated heterocycles. The number of hydrogen-bond acceptors (Lipinski definition) is 4. The van der Waals surface area contributed by atoms with Crippen LogP contribution in [0.3, 0.4) is 0 Å². The molecule has 0 atom stereocenters. The van der Waals surface area contributed by atoms with Gasteiger partial charge in [-0.05, 0) is 15.9 Å². The summed E-state index contributed by atoms with van der Waals surface area (Å²) in [5.74, 6) is 0.827. The first-order valence-electron chi connectivity index (χ1n) is 4.03. The lowest BCUT2D eigenvalue weighted by atomic mass is 10.2.